The van der Waals surface area contributed by atoms with Crippen molar-refractivity contribution in [2.45, 2.75) is 18.7 Å². The number of benzene rings is 2. The van der Waals surface area contributed by atoms with Gasteiger partial charge in [0.05, 0.1) is 21.3 Å². The first-order valence-electron chi connectivity index (χ1n) is 9.25. The standard InChI is InChI=1S/C22H20ClN3OS2/c1-4-26-21(27)19(29-22(26)24-16-8-6-5-7-14(16)2)11-12-20-25(3)17-13-15(23)9-10-18(17)28-20/h5-13H,4H2,1-3H3. The molecule has 1 fully saturated rings. The summed E-state index contributed by atoms with van der Waals surface area (Å²) in [7, 11) is 2.01. The topological polar surface area (TPSA) is 35.9 Å². The Morgan fingerprint density at radius 2 is 1.93 bits per heavy atom. The van der Waals surface area contributed by atoms with Crippen LogP contribution in [0.3, 0.4) is 0 Å². The predicted molar refractivity (Wildman–Crippen MR) is 125 cm³/mol. The van der Waals surface area contributed by atoms with Gasteiger partial charge >= 0.3 is 0 Å². The van der Waals surface area contributed by atoms with Crippen molar-refractivity contribution in [3.05, 3.63) is 75.1 Å². The summed E-state index contributed by atoms with van der Waals surface area (Å²) in [5, 5.41) is 2.49. The van der Waals surface area contributed by atoms with Gasteiger partial charge in [-0.2, -0.15) is 0 Å². The van der Waals surface area contributed by atoms with Crippen LogP contribution >= 0.6 is 35.1 Å². The molecule has 2 aliphatic rings. The van der Waals surface area contributed by atoms with Crippen molar-refractivity contribution >= 4 is 57.6 Å². The van der Waals surface area contributed by atoms with E-state index in [0.717, 1.165) is 32.0 Å². The molecule has 2 aromatic carbocycles. The Morgan fingerprint density at radius 3 is 2.69 bits per heavy atom. The van der Waals surface area contributed by atoms with E-state index in [2.05, 4.69) is 4.90 Å². The fourth-order valence-corrected chi connectivity index (χ4v) is 5.30. The van der Waals surface area contributed by atoms with Crippen molar-refractivity contribution in [3.8, 4) is 0 Å². The molecule has 1 amide bonds. The van der Waals surface area contributed by atoms with Gasteiger partial charge in [0.15, 0.2) is 5.17 Å². The second-order valence-corrected chi connectivity index (χ2v) is 9.15. The average molecular weight is 442 g/mol. The van der Waals surface area contributed by atoms with Crippen molar-refractivity contribution in [3.63, 3.8) is 0 Å². The molecule has 7 heteroatoms. The zero-order chi connectivity index (χ0) is 20.5. The number of hydrogen-bond acceptors (Lipinski definition) is 5. The van der Waals surface area contributed by atoms with Crippen molar-refractivity contribution in [2.24, 2.45) is 4.99 Å². The lowest BCUT2D eigenvalue weighted by Gasteiger charge is -2.13. The maximum atomic E-state index is 12.9. The van der Waals surface area contributed by atoms with E-state index in [0.29, 0.717) is 16.5 Å². The summed E-state index contributed by atoms with van der Waals surface area (Å²) in [6, 6.07) is 13.8. The van der Waals surface area contributed by atoms with Gasteiger partial charge in [-0.25, -0.2) is 4.99 Å². The molecule has 0 spiro atoms. The lowest BCUT2D eigenvalue weighted by molar-refractivity contribution is -0.122. The van der Waals surface area contributed by atoms with Crippen LogP contribution in [-0.4, -0.2) is 29.6 Å². The third-order valence-electron chi connectivity index (χ3n) is 4.74. The largest absolute Gasteiger partial charge is 0.338 e. The Kier molecular flexibility index (Phi) is 5.76. The summed E-state index contributed by atoms with van der Waals surface area (Å²) in [4.78, 5) is 23.2. The first-order chi connectivity index (χ1) is 14.0. The highest BCUT2D eigenvalue weighted by molar-refractivity contribution is 8.18. The van der Waals surface area contributed by atoms with Crippen molar-refractivity contribution in [1.82, 2.24) is 4.90 Å². The highest BCUT2D eigenvalue weighted by Crippen LogP contribution is 2.46. The van der Waals surface area contributed by atoms with Crippen molar-refractivity contribution < 1.29 is 4.79 Å². The van der Waals surface area contributed by atoms with E-state index in [1.807, 2.05) is 75.5 Å². The molecular formula is C22H20ClN3OS2. The maximum Gasteiger partial charge on any atom is 0.266 e. The molecule has 0 N–H and O–H groups in total. The number of amides is 1. The summed E-state index contributed by atoms with van der Waals surface area (Å²) in [5.74, 6) is -0.00658. The zero-order valence-electron chi connectivity index (χ0n) is 16.3. The number of aliphatic imine (C=N–C) groups is 1. The molecule has 0 saturated carbocycles. The normalized spacial score (nSPS) is 20.4. The number of amidine groups is 1. The molecule has 29 heavy (non-hydrogen) atoms. The molecule has 2 heterocycles. The van der Waals surface area contributed by atoms with Crippen LogP contribution in [0, 0.1) is 6.92 Å². The number of aryl methyl sites for hydroxylation is 1. The molecule has 0 unspecified atom stereocenters. The second kappa shape index (κ2) is 8.30. The molecule has 0 bridgehead atoms. The van der Waals surface area contributed by atoms with Gasteiger partial charge in [-0.1, -0.05) is 41.6 Å². The number of fused-ring (bicyclic) bond motifs is 1. The van der Waals surface area contributed by atoms with Gasteiger partial charge < -0.3 is 4.90 Å². The quantitative estimate of drug-likeness (QED) is 0.531. The van der Waals surface area contributed by atoms with Gasteiger partial charge in [-0.15, -0.1) is 0 Å². The van der Waals surface area contributed by atoms with E-state index in [-0.39, 0.29) is 5.91 Å². The van der Waals surface area contributed by atoms with E-state index in [4.69, 9.17) is 16.6 Å². The molecule has 0 aromatic heterocycles. The average Bonchev–Trinajstić information content (AvgIpc) is 3.18. The fraction of sp³-hybridized carbons (Fsp3) is 0.182. The minimum Gasteiger partial charge on any atom is -0.338 e. The van der Waals surface area contributed by atoms with Crippen molar-refractivity contribution in [1.29, 1.82) is 0 Å². The van der Waals surface area contributed by atoms with Crippen LogP contribution in [-0.2, 0) is 4.79 Å². The minimum atomic E-state index is -0.00658. The highest BCUT2D eigenvalue weighted by atomic mass is 35.5. The molecule has 1 saturated heterocycles. The smallest absolute Gasteiger partial charge is 0.266 e. The van der Waals surface area contributed by atoms with Gasteiger partial charge in [0.1, 0.15) is 0 Å². The van der Waals surface area contributed by atoms with E-state index in [1.54, 1.807) is 16.7 Å². The number of rotatable bonds is 3. The molecule has 0 atom stereocenters. The van der Waals surface area contributed by atoms with Crippen LogP contribution in [0.25, 0.3) is 0 Å². The monoisotopic (exact) mass is 441 g/mol. The number of likely N-dealkylation sites (N-methyl/N-ethyl adjacent to an activating group) is 1. The van der Waals surface area contributed by atoms with Gasteiger partial charge in [0.2, 0.25) is 0 Å². The summed E-state index contributed by atoms with van der Waals surface area (Å²) in [5.41, 5.74) is 3.05. The fourth-order valence-electron chi connectivity index (χ4n) is 3.11. The lowest BCUT2D eigenvalue weighted by atomic mass is 10.2. The number of carbonyl (C=O) groups is 1. The molecule has 148 valence electrons. The Morgan fingerprint density at radius 1 is 1.14 bits per heavy atom. The Hall–Kier alpha value is -2.15. The number of anilines is 1. The van der Waals surface area contributed by atoms with Gasteiger partial charge in [0, 0.05) is 23.5 Å². The van der Waals surface area contributed by atoms with Crippen LogP contribution in [0.4, 0.5) is 11.4 Å². The third-order valence-corrected chi connectivity index (χ3v) is 7.18. The molecule has 0 radical (unpaired) electrons. The van der Waals surface area contributed by atoms with Crippen LogP contribution < -0.4 is 4.90 Å². The lowest BCUT2D eigenvalue weighted by Crippen LogP contribution is -2.28. The van der Waals surface area contributed by atoms with Crippen molar-refractivity contribution in [2.75, 3.05) is 18.5 Å². The third kappa shape index (κ3) is 3.97. The van der Waals surface area contributed by atoms with E-state index < -0.39 is 0 Å². The number of para-hydroxylation sites is 1. The number of hydrogen-bond donors (Lipinski definition) is 0. The van der Waals surface area contributed by atoms with Crippen LogP contribution in [0.2, 0.25) is 5.02 Å². The Balaban J connectivity index is 1.61. The summed E-state index contributed by atoms with van der Waals surface area (Å²) < 4.78 is 0. The minimum absolute atomic E-state index is 0.00658. The number of carbonyl (C=O) groups excluding carboxylic acids is 1. The van der Waals surface area contributed by atoms with Crippen LogP contribution in [0.5, 0.6) is 0 Å². The maximum absolute atomic E-state index is 12.9. The summed E-state index contributed by atoms with van der Waals surface area (Å²) in [6.07, 6.45) is 3.88. The Bertz CT molecular complexity index is 1080. The number of allylic oxidation sites excluding steroid dienone is 2. The summed E-state index contributed by atoms with van der Waals surface area (Å²) in [6.45, 7) is 4.58. The SMILES string of the molecule is CCN1C(=O)C(=CC=C2Sc3ccc(Cl)cc3N2C)SC1=Nc1ccccc1C. The summed E-state index contributed by atoms with van der Waals surface area (Å²) >= 11 is 9.22. The number of thioether (sulfide) groups is 2. The molecular weight excluding hydrogens is 422 g/mol. The molecule has 0 aliphatic carbocycles. The van der Waals surface area contributed by atoms with E-state index >= 15 is 0 Å². The van der Waals surface area contributed by atoms with Gasteiger partial charge in [0.25, 0.3) is 5.91 Å². The van der Waals surface area contributed by atoms with Crippen LogP contribution in [0.1, 0.15) is 12.5 Å². The number of nitrogens with zero attached hydrogens (tertiary/aromatic N) is 3. The predicted octanol–water partition coefficient (Wildman–Crippen LogP) is 6.20. The molecule has 4 nitrogen and oxygen atoms in total. The van der Waals surface area contributed by atoms with Gasteiger partial charge in [-0.3, -0.25) is 9.69 Å². The van der Waals surface area contributed by atoms with Crippen LogP contribution in [0.15, 0.2) is 74.4 Å². The second-order valence-electron chi connectivity index (χ2n) is 6.64. The zero-order valence-corrected chi connectivity index (χ0v) is 18.7. The Labute approximate surface area is 184 Å². The van der Waals surface area contributed by atoms with E-state index in [9.17, 15) is 4.79 Å². The molecule has 2 aromatic rings. The van der Waals surface area contributed by atoms with E-state index in [1.165, 1.54) is 11.8 Å². The molecule has 4 rings (SSSR count). The number of halogens is 1. The van der Waals surface area contributed by atoms with Gasteiger partial charge in [-0.05, 0) is 67.6 Å². The highest BCUT2D eigenvalue weighted by Gasteiger charge is 2.32. The first-order valence-corrected chi connectivity index (χ1v) is 11.3. The molecule has 2 aliphatic heterocycles. The first kappa shape index (κ1) is 20.1.